The second-order valence-electron chi connectivity index (χ2n) is 4.47. The van der Waals surface area contributed by atoms with Crippen molar-refractivity contribution in [3.05, 3.63) is 0 Å². The number of carboxylic acids is 2. The Balaban J connectivity index is 4.52. The van der Waals surface area contributed by atoms with Gasteiger partial charge in [-0.25, -0.2) is 4.79 Å². The Labute approximate surface area is 110 Å². The number of carboxylic acid groups (broad SMARTS) is 2. The van der Waals surface area contributed by atoms with Gasteiger partial charge < -0.3 is 21.3 Å². The Morgan fingerprint density at radius 1 is 1.33 bits per heavy atom. The van der Waals surface area contributed by atoms with Gasteiger partial charge in [-0.1, -0.05) is 0 Å². The molecule has 0 saturated carbocycles. The summed E-state index contributed by atoms with van der Waals surface area (Å²) >= 11 is 4.09. The molecule has 0 aromatic carbocycles. The lowest BCUT2D eigenvalue weighted by Gasteiger charge is -2.27. The van der Waals surface area contributed by atoms with Crippen LogP contribution in [0.2, 0.25) is 0 Å². The maximum atomic E-state index is 11.6. The number of carbonyl (C=O) groups is 3. The van der Waals surface area contributed by atoms with Crippen molar-refractivity contribution in [2.24, 2.45) is 5.73 Å². The van der Waals surface area contributed by atoms with Gasteiger partial charge in [-0.05, 0) is 20.3 Å². The highest BCUT2D eigenvalue weighted by Gasteiger charge is 2.34. The van der Waals surface area contributed by atoms with Gasteiger partial charge in [0.25, 0.3) is 0 Å². The lowest BCUT2D eigenvalue weighted by molar-refractivity contribution is -0.143. The largest absolute Gasteiger partial charge is 0.481 e. The highest BCUT2D eigenvalue weighted by molar-refractivity contribution is 7.81. The van der Waals surface area contributed by atoms with E-state index in [2.05, 4.69) is 17.9 Å². The maximum Gasteiger partial charge on any atom is 0.327 e. The third-order valence-corrected chi connectivity index (χ3v) is 2.50. The van der Waals surface area contributed by atoms with Gasteiger partial charge in [0.2, 0.25) is 5.91 Å². The summed E-state index contributed by atoms with van der Waals surface area (Å²) in [6, 6.07) is -2.26. The smallest absolute Gasteiger partial charge is 0.327 e. The van der Waals surface area contributed by atoms with Crippen molar-refractivity contribution in [1.29, 1.82) is 0 Å². The quantitative estimate of drug-likeness (QED) is 0.397. The molecule has 104 valence electrons. The second kappa shape index (κ2) is 6.60. The summed E-state index contributed by atoms with van der Waals surface area (Å²) in [5.41, 5.74) is 5.46. The van der Waals surface area contributed by atoms with Gasteiger partial charge in [0.15, 0.2) is 0 Å². The van der Waals surface area contributed by atoms with E-state index in [1.807, 2.05) is 0 Å². The van der Waals surface area contributed by atoms with Gasteiger partial charge in [0.05, 0.1) is 6.04 Å². The van der Waals surface area contributed by atoms with Gasteiger partial charge >= 0.3 is 11.9 Å². The topological polar surface area (TPSA) is 130 Å². The first-order chi connectivity index (χ1) is 8.05. The number of nitrogens with two attached hydrogens (primary N) is 1. The lowest BCUT2D eigenvalue weighted by atomic mass is 10.0. The first-order valence-electron chi connectivity index (χ1n) is 5.28. The van der Waals surface area contributed by atoms with Crippen LogP contribution in [0.15, 0.2) is 0 Å². The van der Waals surface area contributed by atoms with Gasteiger partial charge in [0.1, 0.15) is 6.04 Å². The Morgan fingerprint density at radius 2 is 1.83 bits per heavy atom. The molecule has 0 bridgehead atoms. The minimum absolute atomic E-state index is 0.0551. The monoisotopic (exact) mass is 278 g/mol. The van der Waals surface area contributed by atoms with Crippen molar-refractivity contribution in [1.82, 2.24) is 5.32 Å². The fourth-order valence-electron chi connectivity index (χ4n) is 1.20. The van der Waals surface area contributed by atoms with E-state index in [-0.39, 0.29) is 12.8 Å². The number of hydrogen-bond donors (Lipinski definition) is 5. The summed E-state index contributed by atoms with van der Waals surface area (Å²) in [4.78, 5) is 32.9. The molecule has 0 fully saturated rings. The van der Waals surface area contributed by atoms with E-state index in [9.17, 15) is 14.4 Å². The van der Waals surface area contributed by atoms with E-state index >= 15 is 0 Å². The Hall–Kier alpha value is -1.28. The van der Waals surface area contributed by atoms with E-state index in [1.54, 1.807) is 0 Å². The first kappa shape index (κ1) is 16.7. The van der Waals surface area contributed by atoms with Crippen LogP contribution in [-0.4, -0.2) is 44.9 Å². The zero-order valence-electron chi connectivity index (χ0n) is 10.2. The van der Waals surface area contributed by atoms with Crippen molar-refractivity contribution in [2.75, 3.05) is 0 Å². The fraction of sp³-hybridized carbons (Fsp3) is 0.700. The van der Waals surface area contributed by atoms with Crippen LogP contribution >= 0.6 is 12.6 Å². The van der Waals surface area contributed by atoms with Crippen LogP contribution in [0.4, 0.5) is 0 Å². The minimum Gasteiger partial charge on any atom is -0.481 e. The Bertz CT molecular complexity index is 340. The molecule has 8 heteroatoms. The van der Waals surface area contributed by atoms with Gasteiger partial charge in [-0.15, -0.1) is 0 Å². The number of carbonyl (C=O) groups excluding carboxylic acids is 1. The van der Waals surface area contributed by atoms with E-state index in [0.29, 0.717) is 0 Å². The highest BCUT2D eigenvalue weighted by Crippen LogP contribution is 2.18. The molecule has 0 aromatic rings. The van der Waals surface area contributed by atoms with E-state index in [4.69, 9.17) is 15.9 Å². The van der Waals surface area contributed by atoms with Crippen LogP contribution < -0.4 is 11.1 Å². The van der Waals surface area contributed by atoms with Gasteiger partial charge in [-0.3, -0.25) is 9.59 Å². The van der Waals surface area contributed by atoms with Crippen LogP contribution in [0.3, 0.4) is 0 Å². The Morgan fingerprint density at radius 3 is 2.17 bits per heavy atom. The molecule has 0 rings (SSSR count). The molecule has 2 atom stereocenters. The van der Waals surface area contributed by atoms with Crippen LogP contribution in [0.1, 0.15) is 26.7 Å². The molecule has 0 radical (unpaired) electrons. The Kier molecular flexibility index (Phi) is 6.13. The molecule has 1 amide bonds. The molecule has 0 heterocycles. The summed E-state index contributed by atoms with van der Waals surface area (Å²) in [7, 11) is 0. The molecule has 0 spiro atoms. The van der Waals surface area contributed by atoms with Crippen LogP contribution in [0.5, 0.6) is 0 Å². The third kappa shape index (κ3) is 5.87. The molecular formula is C10H18N2O5S. The van der Waals surface area contributed by atoms with Crippen LogP contribution in [-0.2, 0) is 14.4 Å². The highest BCUT2D eigenvalue weighted by atomic mass is 32.1. The van der Waals surface area contributed by atoms with E-state index < -0.39 is 34.7 Å². The fourth-order valence-corrected chi connectivity index (χ4v) is 1.37. The third-order valence-electron chi connectivity index (χ3n) is 2.25. The number of rotatable bonds is 7. The molecule has 0 aromatic heterocycles. The van der Waals surface area contributed by atoms with Crippen molar-refractivity contribution in [2.45, 2.75) is 43.5 Å². The number of nitrogens with one attached hydrogen (secondary N) is 1. The molecule has 0 aliphatic heterocycles. The first-order valence-corrected chi connectivity index (χ1v) is 5.73. The average Bonchev–Trinajstić information content (AvgIpc) is 2.19. The molecular weight excluding hydrogens is 260 g/mol. The molecule has 0 aliphatic carbocycles. The van der Waals surface area contributed by atoms with Gasteiger partial charge in [0, 0.05) is 11.2 Å². The number of amides is 1. The molecule has 7 nitrogen and oxygen atoms in total. The summed E-state index contributed by atoms with van der Waals surface area (Å²) in [6.45, 7) is 3.08. The lowest BCUT2D eigenvalue weighted by Crippen LogP contribution is -2.55. The number of aliphatic carboxylic acids is 2. The zero-order chi connectivity index (χ0) is 14.5. The molecule has 0 saturated heterocycles. The standard InChI is InChI=1S/C10H18N2O5S/c1-10(2,18)7(9(16)17)12-8(15)5(11)3-4-6(13)14/h5,7,18H,3-4,11H2,1-2H3,(H,12,15)(H,13,14)(H,16,17)/t5-,7+/m0/s1. The summed E-state index contributed by atoms with van der Waals surface area (Å²) in [5, 5.41) is 19.7. The normalized spacial score (nSPS) is 14.7. The van der Waals surface area contributed by atoms with Crippen molar-refractivity contribution >= 4 is 30.5 Å². The second-order valence-corrected chi connectivity index (χ2v) is 5.63. The molecule has 0 unspecified atom stereocenters. The molecule has 0 aliphatic rings. The zero-order valence-corrected chi connectivity index (χ0v) is 11.1. The summed E-state index contributed by atoms with van der Waals surface area (Å²) in [5.74, 6) is -3.00. The van der Waals surface area contributed by atoms with Crippen molar-refractivity contribution < 1.29 is 24.6 Å². The molecule has 18 heavy (non-hydrogen) atoms. The SMILES string of the molecule is CC(C)(S)[C@H](NC(=O)[C@@H](N)CCC(=O)O)C(=O)O. The van der Waals surface area contributed by atoms with E-state index in [0.717, 1.165) is 0 Å². The van der Waals surface area contributed by atoms with Crippen LogP contribution in [0, 0.1) is 0 Å². The number of hydrogen-bond acceptors (Lipinski definition) is 5. The van der Waals surface area contributed by atoms with Crippen molar-refractivity contribution in [3.63, 3.8) is 0 Å². The van der Waals surface area contributed by atoms with Crippen LogP contribution in [0.25, 0.3) is 0 Å². The summed E-state index contributed by atoms with van der Waals surface area (Å²) < 4.78 is -0.964. The maximum absolute atomic E-state index is 11.6. The predicted octanol–water partition coefficient (Wildman–Crippen LogP) is -0.544. The van der Waals surface area contributed by atoms with E-state index in [1.165, 1.54) is 13.8 Å². The minimum atomic E-state index is -1.23. The average molecular weight is 278 g/mol. The van der Waals surface area contributed by atoms with Gasteiger partial charge in [-0.2, -0.15) is 12.6 Å². The molecule has 5 N–H and O–H groups in total. The number of thiol groups is 1. The summed E-state index contributed by atoms with van der Waals surface area (Å²) in [6.07, 6.45) is -0.308. The predicted molar refractivity (Wildman–Crippen MR) is 67.5 cm³/mol. The van der Waals surface area contributed by atoms with Crippen molar-refractivity contribution in [3.8, 4) is 0 Å².